The van der Waals surface area contributed by atoms with Gasteiger partial charge in [-0.3, -0.25) is 9.36 Å². The summed E-state index contributed by atoms with van der Waals surface area (Å²) in [6, 6.07) is 7.00. The lowest BCUT2D eigenvalue weighted by Crippen LogP contribution is -2.27. The number of methoxy groups -OCH3 is 1. The number of carbonyl (C=O) groups excluding carboxylic acids is 1. The van der Waals surface area contributed by atoms with Crippen molar-refractivity contribution in [2.45, 2.75) is 6.54 Å². The largest absolute Gasteiger partial charge is 0.420 e. The number of oxazole rings is 1. The van der Waals surface area contributed by atoms with Crippen molar-refractivity contribution in [1.82, 2.24) is 20.0 Å². The maximum Gasteiger partial charge on any atom is 0.420 e. The number of benzene rings is 1. The standard InChI is InChI=1S/C14H14N4O5/c1-21-7-6-15-12(19)13-16-11(17-23-13)8-18-9-4-2-3-5-10(9)22-14(18)20/h2-5H,6-8H2,1H3,(H,15,19). The number of rotatable bonds is 6. The van der Waals surface area contributed by atoms with Gasteiger partial charge >= 0.3 is 17.6 Å². The predicted octanol–water partition coefficient (Wildman–Crippen LogP) is 0.402. The van der Waals surface area contributed by atoms with Gasteiger partial charge in [-0.15, -0.1) is 0 Å². The first-order chi connectivity index (χ1) is 11.2. The Hall–Kier alpha value is -2.94. The van der Waals surface area contributed by atoms with E-state index in [0.29, 0.717) is 24.3 Å². The van der Waals surface area contributed by atoms with Crippen LogP contribution < -0.4 is 11.1 Å². The molecule has 9 nitrogen and oxygen atoms in total. The minimum atomic E-state index is -0.526. The first kappa shape index (κ1) is 15.0. The molecular weight excluding hydrogens is 304 g/mol. The third kappa shape index (κ3) is 3.14. The van der Waals surface area contributed by atoms with Crippen LogP contribution in [0.15, 0.2) is 38.0 Å². The van der Waals surface area contributed by atoms with E-state index in [9.17, 15) is 9.59 Å². The summed E-state index contributed by atoms with van der Waals surface area (Å²) in [4.78, 5) is 27.6. The number of para-hydroxylation sites is 2. The molecule has 0 aliphatic carbocycles. The maximum atomic E-state index is 11.9. The number of hydrogen-bond donors (Lipinski definition) is 1. The van der Waals surface area contributed by atoms with Crippen LogP contribution in [0.2, 0.25) is 0 Å². The van der Waals surface area contributed by atoms with Gasteiger partial charge in [0.2, 0.25) is 0 Å². The summed E-state index contributed by atoms with van der Waals surface area (Å²) >= 11 is 0. The molecule has 0 aliphatic heterocycles. The van der Waals surface area contributed by atoms with Gasteiger partial charge in [-0.1, -0.05) is 17.3 Å². The van der Waals surface area contributed by atoms with E-state index in [-0.39, 0.29) is 18.3 Å². The van der Waals surface area contributed by atoms with Gasteiger partial charge in [0.1, 0.15) is 0 Å². The van der Waals surface area contributed by atoms with E-state index < -0.39 is 11.7 Å². The Labute approximate surface area is 129 Å². The van der Waals surface area contributed by atoms with E-state index in [0.717, 1.165) is 0 Å². The number of ether oxygens (including phenoxy) is 1. The first-order valence-electron chi connectivity index (χ1n) is 6.87. The zero-order valence-electron chi connectivity index (χ0n) is 12.3. The van der Waals surface area contributed by atoms with E-state index in [4.69, 9.17) is 13.7 Å². The normalized spacial score (nSPS) is 11.0. The fourth-order valence-corrected chi connectivity index (χ4v) is 2.06. The summed E-state index contributed by atoms with van der Waals surface area (Å²) in [5.74, 6) is -0.986. The molecule has 1 N–H and O–H groups in total. The van der Waals surface area contributed by atoms with Gasteiger partial charge in [0, 0.05) is 13.7 Å². The molecule has 0 radical (unpaired) electrons. The van der Waals surface area contributed by atoms with E-state index in [1.54, 1.807) is 24.3 Å². The number of fused-ring (bicyclic) bond motifs is 1. The lowest BCUT2D eigenvalue weighted by Gasteiger charge is -1.99. The van der Waals surface area contributed by atoms with E-state index in [1.165, 1.54) is 11.7 Å². The Morgan fingerprint density at radius 2 is 2.22 bits per heavy atom. The molecule has 3 rings (SSSR count). The summed E-state index contributed by atoms with van der Waals surface area (Å²) in [6.45, 7) is 0.757. The van der Waals surface area contributed by atoms with E-state index in [1.807, 2.05) is 0 Å². The van der Waals surface area contributed by atoms with Crippen LogP contribution in [0.1, 0.15) is 16.5 Å². The monoisotopic (exact) mass is 318 g/mol. The van der Waals surface area contributed by atoms with Crippen LogP contribution in [-0.2, 0) is 11.3 Å². The third-order valence-corrected chi connectivity index (χ3v) is 3.13. The van der Waals surface area contributed by atoms with Gasteiger partial charge in [-0.05, 0) is 12.1 Å². The van der Waals surface area contributed by atoms with Gasteiger partial charge in [0.05, 0.1) is 18.7 Å². The average Bonchev–Trinajstić information content (AvgIpc) is 3.13. The molecule has 9 heteroatoms. The number of nitrogens with zero attached hydrogens (tertiary/aromatic N) is 3. The Kier molecular flexibility index (Phi) is 4.20. The number of nitrogens with one attached hydrogen (secondary N) is 1. The van der Waals surface area contributed by atoms with Crippen LogP contribution in [0.25, 0.3) is 11.1 Å². The number of hydrogen-bond acceptors (Lipinski definition) is 7. The van der Waals surface area contributed by atoms with Gasteiger partial charge in [-0.25, -0.2) is 4.79 Å². The van der Waals surface area contributed by atoms with Crippen molar-refractivity contribution in [2.75, 3.05) is 20.3 Å². The van der Waals surface area contributed by atoms with Gasteiger partial charge < -0.3 is 19.0 Å². The Morgan fingerprint density at radius 1 is 1.39 bits per heavy atom. The predicted molar refractivity (Wildman–Crippen MR) is 78.1 cm³/mol. The molecule has 0 atom stereocenters. The summed E-state index contributed by atoms with van der Waals surface area (Å²) in [5, 5.41) is 6.27. The van der Waals surface area contributed by atoms with E-state index >= 15 is 0 Å². The maximum absolute atomic E-state index is 11.9. The summed E-state index contributed by atoms with van der Waals surface area (Å²) in [5.41, 5.74) is 1.09. The van der Waals surface area contributed by atoms with Crippen molar-refractivity contribution < 1.29 is 18.5 Å². The Morgan fingerprint density at radius 3 is 3.04 bits per heavy atom. The highest BCUT2D eigenvalue weighted by Gasteiger charge is 2.17. The smallest absolute Gasteiger partial charge is 0.408 e. The molecule has 1 aromatic carbocycles. The van der Waals surface area contributed by atoms with Gasteiger partial charge in [-0.2, -0.15) is 4.98 Å². The highest BCUT2D eigenvalue weighted by molar-refractivity contribution is 5.89. The minimum Gasteiger partial charge on any atom is -0.408 e. The molecule has 0 saturated heterocycles. The van der Waals surface area contributed by atoms with Crippen molar-refractivity contribution in [1.29, 1.82) is 0 Å². The second-order valence-corrected chi connectivity index (χ2v) is 4.69. The topological polar surface area (TPSA) is 112 Å². The van der Waals surface area contributed by atoms with Gasteiger partial charge in [0.25, 0.3) is 0 Å². The Bertz CT molecular complexity index is 879. The fourth-order valence-electron chi connectivity index (χ4n) is 2.06. The van der Waals surface area contributed by atoms with Crippen molar-refractivity contribution in [3.05, 3.63) is 46.5 Å². The third-order valence-electron chi connectivity index (χ3n) is 3.13. The molecule has 23 heavy (non-hydrogen) atoms. The van der Waals surface area contributed by atoms with Crippen LogP contribution in [-0.4, -0.2) is 40.9 Å². The fraction of sp³-hybridized carbons (Fsp3) is 0.286. The molecular formula is C14H14N4O5. The lowest BCUT2D eigenvalue weighted by atomic mass is 10.3. The van der Waals surface area contributed by atoms with Crippen LogP contribution >= 0.6 is 0 Å². The van der Waals surface area contributed by atoms with Crippen molar-refractivity contribution in [2.24, 2.45) is 0 Å². The van der Waals surface area contributed by atoms with Gasteiger partial charge in [0.15, 0.2) is 11.4 Å². The lowest BCUT2D eigenvalue weighted by molar-refractivity contribution is 0.0893. The van der Waals surface area contributed by atoms with Crippen molar-refractivity contribution in [3.63, 3.8) is 0 Å². The molecule has 2 heterocycles. The highest BCUT2D eigenvalue weighted by atomic mass is 16.5. The number of amides is 1. The molecule has 0 unspecified atom stereocenters. The molecule has 1 amide bonds. The number of carbonyl (C=O) groups is 1. The zero-order chi connectivity index (χ0) is 16.2. The molecule has 0 fully saturated rings. The van der Waals surface area contributed by atoms with Crippen LogP contribution in [0, 0.1) is 0 Å². The highest BCUT2D eigenvalue weighted by Crippen LogP contribution is 2.12. The molecule has 3 aromatic rings. The minimum absolute atomic E-state index is 0.0463. The van der Waals surface area contributed by atoms with Crippen molar-refractivity contribution in [3.8, 4) is 0 Å². The van der Waals surface area contributed by atoms with Crippen molar-refractivity contribution >= 4 is 17.0 Å². The molecule has 0 spiro atoms. The van der Waals surface area contributed by atoms with E-state index in [2.05, 4.69) is 15.5 Å². The SMILES string of the molecule is COCCNC(=O)c1nc(Cn2c(=O)oc3ccccc32)no1. The molecule has 2 aromatic heterocycles. The average molecular weight is 318 g/mol. The van der Waals surface area contributed by atoms with Crippen LogP contribution in [0.5, 0.6) is 0 Å². The second-order valence-electron chi connectivity index (χ2n) is 4.69. The molecule has 120 valence electrons. The second kappa shape index (κ2) is 6.44. The van der Waals surface area contributed by atoms with Crippen LogP contribution in [0.4, 0.5) is 0 Å². The number of aromatic nitrogens is 3. The molecule has 0 aliphatic rings. The quantitative estimate of drug-likeness (QED) is 0.655. The summed E-state index contributed by atoms with van der Waals surface area (Å²) in [7, 11) is 1.53. The summed E-state index contributed by atoms with van der Waals surface area (Å²) < 4.78 is 16.2. The summed E-state index contributed by atoms with van der Waals surface area (Å²) in [6.07, 6.45) is 0. The molecule has 0 saturated carbocycles. The first-order valence-corrected chi connectivity index (χ1v) is 6.87. The Balaban J connectivity index is 1.77. The van der Waals surface area contributed by atoms with Crippen LogP contribution in [0.3, 0.4) is 0 Å². The molecule has 0 bridgehead atoms. The zero-order valence-corrected chi connectivity index (χ0v) is 12.3.